The van der Waals surface area contributed by atoms with E-state index >= 15 is 0 Å². The van der Waals surface area contributed by atoms with E-state index in [9.17, 15) is 56.1 Å². The molecule has 0 aliphatic heterocycles. The van der Waals surface area contributed by atoms with Crippen LogP contribution in [0.3, 0.4) is 0 Å². The molecular formula is C42H41N9O13S2. The van der Waals surface area contributed by atoms with E-state index in [-0.39, 0.29) is 105 Å². The van der Waals surface area contributed by atoms with Gasteiger partial charge in [0, 0.05) is 17.7 Å². The molecule has 0 bridgehead atoms. The Morgan fingerprint density at radius 3 is 1.71 bits per heavy atom. The summed E-state index contributed by atoms with van der Waals surface area (Å²) in [6, 6.07) is 11.1. The van der Waals surface area contributed by atoms with Crippen molar-refractivity contribution in [3.8, 4) is 23.4 Å². The Labute approximate surface area is 377 Å². The van der Waals surface area contributed by atoms with E-state index in [2.05, 4.69) is 48.3 Å². The smallest absolute Gasteiger partial charge is 0.335 e. The molecule has 22 nitrogen and oxygen atoms in total. The van der Waals surface area contributed by atoms with Gasteiger partial charge in [-0.1, -0.05) is 12.7 Å². The highest BCUT2D eigenvalue weighted by Gasteiger charge is 2.23. The number of pyridine rings is 1. The fraction of sp³-hybridized carbons (Fsp3) is 0.238. The van der Waals surface area contributed by atoms with Crippen LogP contribution in [0.25, 0.3) is 17.8 Å². The molecule has 0 spiro atoms. The summed E-state index contributed by atoms with van der Waals surface area (Å²) in [6.07, 6.45) is 4.61. The van der Waals surface area contributed by atoms with Gasteiger partial charge in [0.1, 0.15) is 34.5 Å². The lowest BCUT2D eigenvalue weighted by molar-refractivity contribution is 0.0696. The standard InChI is InChI=1S/C42H41N9O13S2/c1-6-10-35-30(7-2)44-39-29(22-43)25(5)38(40(52)51(35)39)50-49-34-16-24(4)32(21-37(34)64-12-9-14-66(60,61)62)47-48-33-15-23(3)31(20-36(33)63-11-8-13-65(57,58)59)46-45-28-18-26(41(53)54)17-27(19-28)42(55)56/h6-7,10,15-21,52H,2,8-9,11-14H2,1,3-5H3,(H,53,54)(H,55,56)(H,57,58,59)(H,60,61,62)/b10-6-,46-45?,48-47?,50-49?. The number of nitriles is 1. The second-order valence-electron chi connectivity index (χ2n) is 14.2. The Bertz CT molecular complexity index is 3120. The summed E-state index contributed by atoms with van der Waals surface area (Å²) in [7, 11) is -8.64. The van der Waals surface area contributed by atoms with Crippen molar-refractivity contribution in [1.29, 1.82) is 5.26 Å². The zero-order valence-corrected chi connectivity index (χ0v) is 37.2. The van der Waals surface area contributed by atoms with E-state index in [0.717, 1.165) is 18.2 Å². The molecule has 0 unspecified atom stereocenters. The highest BCUT2D eigenvalue weighted by Crippen LogP contribution is 2.42. The highest BCUT2D eigenvalue weighted by molar-refractivity contribution is 7.86. The zero-order chi connectivity index (χ0) is 48.5. The van der Waals surface area contributed by atoms with Crippen molar-refractivity contribution in [3.05, 3.63) is 99.9 Å². The normalized spacial score (nSPS) is 12.2. The number of aromatic hydroxyl groups is 1. The molecule has 0 aliphatic rings. The van der Waals surface area contributed by atoms with Gasteiger partial charge < -0.3 is 24.8 Å². The number of carbonyl (C=O) groups is 2. The van der Waals surface area contributed by atoms with Gasteiger partial charge in [-0.25, -0.2) is 14.6 Å². The molecule has 5 N–H and O–H groups in total. The maximum atomic E-state index is 11.6. The summed E-state index contributed by atoms with van der Waals surface area (Å²) in [6.45, 7) is 9.93. The minimum absolute atomic E-state index is 0.0171. The van der Waals surface area contributed by atoms with Crippen LogP contribution in [0.4, 0.5) is 34.1 Å². The fourth-order valence-electron chi connectivity index (χ4n) is 6.13. The Morgan fingerprint density at radius 1 is 0.773 bits per heavy atom. The lowest BCUT2D eigenvalue weighted by atomic mass is 10.1. The third kappa shape index (κ3) is 12.3. The number of ether oxygens (including phenoxy) is 2. The predicted molar refractivity (Wildman–Crippen MR) is 239 cm³/mol. The average molecular weight is 944 g/mol. The first-order valence-electron chi connectivity index (χ1n) is 19.4. The SMILES string of the molecule is C=Cc1nc2c(C#N)c(C)c(N=Nc3cc(C)c(N=Nc4cc(C)c(N=Nc5cc(C(=O)O)cc(C(=O)O)c5)cc4OCCCS(=O)(=O)O)cc3OCCCS(=O)(=O)O)c(O)n2c1/C=C\C. The van der Waals surface area contributed by atoms with Gasteiger partial charge in [0.25, 0.3) is 20.2 Å². The summed E-state index contributed by atoms with van der Waals surface area (Å²) < 4.78 is 77.2. The number of aromatic nitrogens is 2. The lowest BCUT2D eigenvalue weighted by Gasteiger charge is -2.12. The molecule has 24 heteroatoms. The van der Waals surface area contributed by atoms with Gasteiger partial charge in [-0.2, -0.15) is 37.4 Å². The van der Waals surface area contributed by atoms with E-state index in [4.69, 9.17) is 9.47 Å². The van der Waals surface area contributed by atoms with E-state index < -0.39 is 43.7 Å². The number of imidazole rings is 1. The second kappa shape index (κ2) is 20.9. The first-order valence-corrected chi connectivity index (χ1v) is 22.6. The monoisotopic (exact) mass is 943 g/mol. The Balaban J connectivity index is 1.58. The summed E-state index contributed by atoms with van der Waals surface area (Å²) in [4.78, 5) is 27.7. The fourth-order valence-corrected chi connectivity index (χ4v) is 7.09. The third-order valence-electron chi connectivity index (χ3n) is 9.32. The van der Waals surface area contributed by atoms with Crippen molar-refractivity contribution in [3.63, 3.8) is 0 Å². The van der Waals surface area contributed by atoms with Crippen molar-refractivity contribution in [2.75, 3.05) is 24.7 Å². The van der Waals surface area contributed by atoms with E-state index in [1.807, 2.05) is 0 Å². The Morgan fingerprint density at radius 2 is 1.26 bits per heavy atom. The summed E-state index contributed by atoms with van der Waals surface area (Å²) >= 11 is 0. The Kier molecular flexibility index (Phi) is 15.6. The quantitative estimate of drug-likeness (QED) is 0.0275. The summed E-state index contributed by atoms with van der Waals surface area (Å²) in [5, 5.41) is 66.1. The van der Waals surface area contributed by atoms with Crippen molar-refractivity contribution in [2.45, 2.75) is 40.5 Å². The number of aromatic carboxylic acids is 2. The number of hydrogen-bond acceptors (Lipinski definition) is 17. The topological polar surface area (TPSA) is 337 Å². The van der Waals surface area contributed by atoms with Gasteiger partial charge in [-0.3, -0.25) is 13.5 Å². The van der Waals surface area contributed by atoms with Gasteiger partial charge in [0.2, 0.25) is 5.88 Å². The van der Waals surface area contributed by atoms with Crippen LogP contribution in [0.5, 0.6) is 17.4 Å². The molecule has 0 amide bonds. The molecule has 344 valence electrons. The summed E-state index contributed by atoms with van der Waals surface area (Å²) in [5.41, 5.74) is 1.98. The van der Waals surface area contributed by atoms with Crippen LogP contribution in [-0.4, -0.2) is 87.3 Å². The number of carboxylic acid groups (broad SMARTS) is 2. The summed E-state index contributed by atoms with van der Waals surface area (Å²) in [5.74, 6) is -4.35. The number of rotatable bonds is 20. The van der Waals surface area contributed by atoms with Gasteiger partial charge in [-0.15, -0.1) is 15.3 Å². The number of carboxylic acids is 2. The minimum Gasteiger partial charge on any atom is -0.493 e. The number of benzene rings is 3. The van der Waals surface area contributed by atoms with Crippen LogP contribution < -0.4 is 9.47 Å². The van der Waals surface area contributed by atoms with Crippen molar-refractivity contribution in [1.82, 2.24) is 9.38 Å². The highest BCUT2D eigenvalue weighted by atomic mass is 32.2. The van der Waals surface area contributed by atoms with E-state index in [1.54, 1.807) is 39.8 Å². The number of aryl methyl sites for hydroxylation is 2. The van der Waals surface area contributed by atoms with Crippen LogP contribution >= 0.6 is 0 Å². The molecule has 2 heterocycles. The number of nitrogens with zero attached hydrogens (tertiary/aromatic N) is 9. The van der Waals surface area contributed by atoms with Crippen LogP contribution in [0.2, 0.25) is 0 Å². The molecular weight excluding hydrogens is 903 g/mol. The third-order valence-corrected chi connectivity index (χ3v) is 10.9. The first kappa shape index (κ1) is 49.3. The van der Waals surface area contributed by atoms with Gasteiger partial charge in [0.05, 0.1) is 64.3 Å². The average Bonchev–Trinajstić information content (AvgIpc) is 3.61. The molecule has 5 rings (SSSR count). The van der Waals surface area contributed by atoms with Crippen LogP contribution in [-0.2, 0) is 20.2 Å². The molecule has 0 fully saturated rings. The number of allylic oxidation sites excluding steroid dienone is 1. The van der Waals surface area contributed by atoms with Crippen LogP contribution in [0, 0.1) is 32.1 Å². The molecule has 2 aromatic heterocycles. The first-order chi connectivity index (χ1) is 31.1. The van der Waals surface area contributed by atoms with E-state index in [0.29, 0.717) is 22.5 Å². The maximum absolute atomic E-state index is 11.6. The maximum Gasteiger partial charge on any atom is 0.335 e. The number of azo groups is 3. The minimum atomic E-state index is -4.32. The molecule has 0 aliphatic carbocycles. The number of hydrogen-bond donors (Lipinski definition) is 5. The van der Waals surface area contributed by atoms with Crippen LogP contribution in [0.1, 0.15) is 74.1 Å². The van der Waals surface area contributed by atoms with Crippen molar-refractivity contribution < 1.29 is 60.3 Å². The Hall–Kier alpha value is -7.72. The van der Waals surface area contributed by atoms with E-state index in [1.165, 1.54) is 34.7 Å². The predicted octanol–water partition coefficient (Wildman–Crippen LogP) is 9.47. The lowest BCUT2D eigenvalue weighted by Crippen LogP contribution is -2.08. The van der Waals surface area contributed by atoms with Gasteiger partial charge >= 0.3 is 11.9 Å². The molecule has 66 heavy (non-hydrogen) atoms. The molecule has 0 atom stereocenters. The van der Waals surface area contributed by atoms with Crippen LogP contribution in [0.15, 0.2) is 85.8 Å². The molecule has 5 aromatic rings. The zero-order valence-electron chi connectivity index (χ0n) is 35.6. The van der Waals surface area contributed by atoms with Crippen molar-refractivity contribution in [2.24, 2.45) is 30.7 Å². The second-order valence-corrected chi connectivity index (χ2v) is 17.3. The molecule has 0 saturated carbocycles. The van der Waals surface area contributed by atoms with Gasteiger partial charge in [-0.05, 0) is 94.1 Å². The van der Waals surface area contributed by atoms with Gasteiger partial charge in [0.15, 0.2) is 11.3 Å². The van der Waals surface area contributed by atoms with Crippen molar-refractivity contribution >= 4 is 84.1 Å². The molecule has 3 aromatic carbocycles. The molecule has 0 saturated heterocycles. The largest absolute Gasteiger partial charge is 0.493 e. The molecule has 0 radical (unpaired) electrons. The number of fused-ring (bicyclic) bond motifs is 1.